The van der Waals surface area contributed by atoms with Crippen LogP contribution in [0.2, 0.25) is 0 Å². The Balaban J connectivity index is 2.54. The van der Waals surface area contributed by atoms with Crippen LogP contribution in [0.4, 0.5) is 0 Å². The number of methoxy groups -OCH3 is 1. The fraction of sp³-hybridized carbons (Fsp3) is 0.562. The van der Waals surface area contributed by atoms with Gasteiger partial charge in [-0.1, -0.05) is 44.2 Å². The molecule has 0 radical (unpaired) electrons. The second-order valence-electron chi connectivity index (χ2n) is 5.36. The summed E-state index contributed by atoms with van der Waals surface area (Å²) in [5.74, 6) is 0.772. The van der Waals surface area contributed by atoms with Crippen molar-refractivity contribution >= 4 is 5.91 Å². The number of hydrogen-bond acceptors (Lipinski definition) is 3. The fourth-order valence-electron chi connectivity index (χ4n) is 2.20. The summed E-state index contributed by atoms with van der Waals surface area (Å²) in [5, 5.41) is 2.99. The lowest BCUT2D eigenvalue weighted by Crippen LogP contribution is -2.35. The van der Waals surface area contributed by atoms with E-state index in [1.165, 1.54) is 5.56 Å². The zero-order valence-corrected chi connectivity index (χ0v) is 12.6. The van der Waals surface area contributed by atoms with Crippen LogP contribution in [0, 0.1) is 5.92 Å². The number of ether oxygens (including phenoxy) is 1. The van der Waals surface area contributed by atoms with E-state index in [9.17, 15) is 4.79 Å². The Bertz CT molecular complexity index is 389. The molecule has 1 amide bonds. The molecule has 1 rings (SSSR count). The van der Waals surface area contributed by atoms with Crippen molar-refractivity contribution in [3.8, 4) is 0 Å². The highest BCUT2D eigenvalue weighted by Crippen LogP contribution is 2.23. The lowest BCUT2D eigenvalue weighted by Gasteiger charge is -2.22. The monoisotopic (exact) mass is 278 g/mol. The molecule has 0 aromatic heterocycles. The van der Waals surface area contributed by atoms with Crippen molar-refractivity contribution < 1.29 is 9.53 Å². The predicted molar refractivity (Wildman–Crippen MR) is 81.5 cm³/mol. The topological polar surface area (TPSA) is 64.3 Å². The van der Waals surface area contributed by atoms with Crippen molar-refractivity contribution in [1.82, 2.24) is 5.32 Å². The summed E-state index contributed by atoms with van der Waals surface area (Å²) in [5.41, 5.74) is 6.78. The van der Waals surface area contributed by atoms with Crippen LogP contribution in [0.15, 0.2) is 30.3 Å². The highest BCUT2D eigenvalue weighted by atomic mass is 16.5. The third kappa shape index (κ3) is 5.31. The summed E-state index contributed by atoms with van der Waals surface area (Å²) >= 11 is 0. The van der Waals surface area contributed by atoms with Crippen LogP contribution in [0.25, 0.3) is 0 Å². The Labute approximate surface area is 121 Å². The molecule has 1 aromatic rings. The van der Waals surface area contributed by atoms with Gasteiger partial charge in [0.25, 0.3) is 0 Å². The van der Waals surface area contributed by atoms with Crippen LogP contribution < -0.4 is 11.1 Å². The van der Waals surface area contributed by atoms with Crippen LogP contribution in [0.5, 0.6) is 0 Å². The molecule has 0 saturated heterocycles. The first kappa shape index (κ1) is 16.7. The van der Waals surface area contributed by atoms with Gasteiger partial charge in [-0.05, 0) is 11.5 Å². The molecule has 0 fully saturated rings. The molecule has 0 spiro atoms. The van der Waals surface area contributed by atoms with E-state index in [4.69, 9.17) is 10.5 Å². The standard InChI is InChI=1S/C16H26N2O2/c1-12(2)15(13-7-5-4-6-8-13)11-18-16(19)9-14(10-17)20-3/h4-8,12,14-15H,9-11,17H2,1-3H3,(H,18,19). The highest BCUT2D eigenvalue weighted by molar-refractivity contribution is 5.76. The molecule has 112 valence electrons. The Kier molecular flexibility index (Phi) is 7.26. The molecule has 0 aliphatic carbocycles. The summed E-state index contributed by atoms with van der Waals surface area (Å²) in [4.78, 5) is 11.9. The molecule has 2 atom stereocenters. The van der Waals surface area contributed by atoms with Crippen molar-refractivity contribution in [3.63, 3.8) is 0 Å². The first-order valence-corrected chi connectivity index (χ1v) is 7.13. The van der Waals surface area contributed by atoms with Gasteiger partial charge in [0, 0.05) is 26.1 Å². The quantitative estimate of drug-likeness (QED) is 0.763. The van der Waals surface area contributed by atoms with Crippen LogP contribution in [0.3, 0.4) is 0 Å². The fourth-order valence-corrected chi connectivity index (χ4v) is 2.20. The molecular formula is C16H26N2O2. The lowest BCUT2D eigenvalue weighted by atomic mass is 9.88. The predicted octanol–water partition coefficient (Wildman–Crippen LogP) is 1.91. The van der Waals surface area contributed by atoms with Gasteiger partial charge < -0.3 is 15.8 Å². The summed E-state index contributed by atoms with van der Waals surface area (Å²) in [6.07, 6.45) is 0.108. The average molecular weight is 278 g/mol. The highest BCUT2D eigenvalue weighted by Gasteiger charge is 2.18. The second kappa shape index (κ2) is 8.72. The van der Waals surface area contributed by atoms with Crippen molar-refractivity contribution in [2.45, 2.75) is 32.3 Å². The van der Waals surface area contributed by atoms with Gasteiger partial charge in [0.15, 0.2) is 0 Å². The van der Waals surface area contributed by atoms with Crippen molar-refractivity contribution in [2.24, 2.45) is 11.7 Å². The number of nitrogens with two attached hydrogens (primary N) is 1. The van der Waals surface area contributed by atoms with E-state index in [1.54, 1.807) is 7.11 Å². The third-order valence-electron chi connectivity index (χ3n) is 3.56. The van der Waals surface area contributed by atoms with Gasteiger partial charge in [-0.2, -0.15) is 0 Å². The molecule has 0 aliphatic rings. The second-order valence-corrected chi connectivity index (χ2v) is 5.36. The molecule has 4 nitrogen and oxygen atoms in total. The van der Waals surface area contributed by atoms with Gasteiger partial charge in [-0.15, -0.1) is 0 Å². The van der Waals surface area contributed by atoms with Gasteiger partial charge in [-0.25, -0.2) is 0 Å². The van der Waals surface area contributed by atoms with Crippen LogP contribution in [0.1, 0.15) is 31.7 Å². The normalized spacial score (nSPS) is 14.1. The molecule has 3 N–H and O–H groups in total. The minimum absolute atomic E-state index is 0.0103. The molecular weight excluding hydrogens is 252 g/mol. The van der Waals surface area contributed by atoms with Gasteiger partial charge in [-0.3, -0.25) is 4.79 Å². The Morgan fingerprint density at radius 1 is 1.30 bits per heavy atom. The molecule has 2 unspecified atom stereocenters. The molecule has 0 aliphatic heterocycles. The molecule has 0 heterocycles. The van der Waals surface area contributed by atoms with E-state index in [2.05, 4.69) is 31.3 Å². The van der Waals surface area contributed by atoms with E-state index >= 15 is 0 Å². The number of rotatable bonds is 8. The maximum absolute atomic E-state index is 11.9. The SMILES string of the molecule is COC(CN)CC(=O)NCC(c1ccccc1)C(C)C. The Morgan fingerprint density at radius 3 is 2.45 bits per heavy atom. The minimum atomic E-state index is -0.204. The smallest absolute Gasteiger partial charge is 0.222 e. The van der Waals surface area contributed by atoms with Crippen molar-refractivity contribution in [1.29, 1.82) is 0 Å². The van der Waals surface area contributed by atoms with Gasteiger partial charge in [0.2, 0.25) is 5.91 Å². The van der Waals surface area contributed by atoms with Crippen molar-refractivity contribution in [3.05, 3.63) is 35.9 Å². The minimum Gasteiger partial charge on any atom is -0.380 e. The molecule has 0 saturated carbocycles. The van der Waals surface area contributed by atoms with Crippen LogP contribution in [-0.4, -0.2) is 32.2 Å². The molecule has 4 heteroatoms. The third-order valence-corrected chi connectivity index (χ3v) is 3.56. The van der Waals surface area contributed by atoms with E-state index in [0.717, 1.165) is 0 Å². The van der Waals surface area contributed by atoms with E-state index in [-0.39, 0.29) is 12.0 Å². The first-order chi connectivity index (χ1) is 9.58. The van der Waals surface area contributed by atoms with Crippen LogP contribution in [-0.2, 0) is 9.53 Å². The van der Waals surface area contributed by atoms with Gasteiger partial charge >= 0.3 is 0 Å². The largest absolute Gasteiger partial charge is 0.380 e. The Morgan fingerprint density at radius 2 is 1.95 bits per heavy atom. The van der Waals surface area contributed by atoms with Crippen molar-refractivity contribution in [2.75, 3.05) is 20.2 Å². The van der Waals surface area contributed by atoms with E-state index < -0.39 is 0 Å². The molecule has 20 heavy (non-hydrogen) atoms. The summed E-state index contributed by atoms with van der Waals surface area (Å²) < 4.78 is 5.12. The Hall–Kier alpha value is -1.39. The summed E-state index contributed by atoms with van der Waals surface area (Å²) in [7, 11) is 1.58. The van der Waals surface area contributed by atoms with Crippen LogP contribution >= 0.6 is 0 Å². The number of amides is 1. The first-order valence-electron chi connectivity index (χ1n) is 7.13. The number of carbonyl (C=O) groups is 1. The molecule has 1 aromatic carbocycles. The number of nitrogens with one attached hydrogen (secondary N) is 1. The number of carbonyl (C=O) groups excluding carboxylic acids is 1. The molecule has 0 bridgehead atoms. The maximum Gasteiger partial charge on any atom is 0.222 e. The number of benzene rings is 1. The van der Waals surface area contributed by atoms with Gasteiger partial charge in [0.1, 0.15) is 0 Å². The number of hydrogen-bond donors (Lipinski definition) is 2. The zero-order valence-electron chi connectivity index (χ0n) is 12.6. The summed E-state index contributed by atoms with van der Waals surface area (Å²) in [6, 6.07) is 10.3. The summed E-state index contributed by atoms with van der Waals surface area (Å²) in [6.45, 7) is 5.33. The van der Waals surface area contributed by atoms with E-state index in [1.807, 2.05) is 18.2 Å². The van der Waals surface area contributed by atoms with Gasteiger partial charge in [0.05, 0.1) is 12.5 Å². The zero-order chi connectivity index (χ0) is 15.0. The van der Waals surface area contributed by atoms with E-state index in [0.29, 0.717) is 31.3 Å². The average Bonchev–Trinajstić information content (AvgIpc) is 2.45. The lowest BCUT2D eigenvalue weighted by molar-refractivity contribution is -0.123. The maximum atomic E-state index is 11.9.